The van der Waals surface area contributed by atoms with Crippen LogP contribution >= 0.6 is 23.4 Å². The lowest BCUT2D eigenvalue weighted by Crippen LogP contribution is -2.31. The molecule has 0 saturated carbocycles. The molecule has 174 valence electrons. The first kappa shape index (κ1) is 23.2. The van der Waals surface area contributed by atoms with Crippen molar-refractivity contribution in [2.24, 2.45) is 0 Å². The van der Waals surface area contributed by atoms with Crippen LogP contribution in [0, 0.1) is 6.92 Å². The number of nitrogens with one attached hydrogen (secondary N) is 1. The van der Waals surface area contributed by atoms with Gasteiger partial charge in [-0.3, -0.25) is 9.59 Å². The summed E-state index contributed by atoms with van der Waals surface area (Å²) < 4.78 is 0. The summed E-state index contributed by atoms with van der Waals surface area (Å²) in [6.07, 6.45) is 0. The maximum absolute atomic E-state index is 13.7. The number of carbonyl (C=O) groups excluding carboxylic acids is 2. The molecule has 0 unspecified atom stereocenters. The Hall–Kier alpha value is -3.54. The van der Waals surface area contributed by atoms with E-state index in [1.807, 2.05) is 91.9 Å². The second-order valence-corrected chi connectivity index (χ2v) is 9.99. The van der Waals surface area contributed by atoms with Gasteiger partial charge in [0.2, 0.25) is 0 Å². The predicted octanol–water partition coefficient (Wildman–Crippen LogP) is 6.89. The lowest BCUT2D eigenvalue weighted by molar-refractivity contribution is 0.0947. The molecule has 0 saturated heterocycles. The fraction of sp³-hybridized carbons (Fsp3) is 0.103. The zero-order valence-corrected chi connectivity index (χ0v) is 20.7. The van der Waals surface area contributed by atoms with Crippen molar-refractivity contribution in [2.45, 2.75) is 29.8 Å². The van der Waals surface area contributed by atoms with Crippen LogP contribution < -0.4 is 10.2 Å². The Balaban J connectivity index is 1.48. The molecule has 4 nitrogen and oxygen atoms in total. The van der Waals surface area contributed by atoms with Gasteiger partial charge in [-0.15, -0.1) is 0 Å². The van der Waals surface area contributed by atoms with E-state index in [0.717, 1.165) is 20.9 Å². The molecule has 2 amide bonds. The van der Waals surface area contributed by atoms with Crippen LogP contribution in [0.1, 0.15) is 37.4 Å². The number of benzene rings is 4. The Labute approximate surface area is 213 Å². The molecule has 0 spiro atoms. The quantitative estimate of drug-likeness (QED) is 0.326. The standard InChI is InChI=1S/C29H23ClN2O2S/c1-19-9-11-20(12-10-19)17-31-28(33)22-13-14-27-25(16-22)32(18-21-5-4-6-23(30)15-21)29(34)24-7-2-3-8-26(24)35-27/h2-16H,17-18H2,1H3,(H,31,33). The third-order valence-corrected chi connectivity index (χ3v) is 7.27. The molecule has 4 aromatic carbocycles. The predicted molar refractivity (Wildman–Crippen MR) is 141 cm³/mol. The summed E-state index contributed by atoms with van der Waals surface area (Å²) in [6, 6.07) is 28.7. The zero-order chi connectivity index (χ0) is 24.4. The van der Waals surface area contributed by atoms with Crippen LogP contribution in [0.5, 0.6) is 0 Å². The number of hydrogen-bond donors (Lipinski definition) is 1. The van der Waals surface area contributed by atoms with Gasteiger partial charge in [0.25, 0.3) is 11.8 Å². The molecule has 0 fully saturated rings. The first-order chi connectivity index (χ1) is 17.0. The Kier molecular flexibility index (Phi) is 6.62. The smallest absolute Gasteiger partial charge is 0.259 e. The maximum atomic E-state index is 13.7. The van der Waals surface area contributed by atoms with Crippen LogP contribution in [0.25, 0.3) is 0 Å². The number of rotatable bonds is 5. The van der Waals surface area contributed by atoms with Gasteiger partial charge in [0, 0.05) is 26.9 Å². The largest absolute Gasteiger partial charge is 0.348 e. The number of hydrogen-bond acceptors (Lipinski definition) is 3. The highest BCUT2D eigenvalue weighted by Crippen LogP contribution is 2.42. The number of fused-ring (bicyclic) bond motifs is 2. The molecule has 0 aliphatic carbocycles. The highest BCUT2D eigenvalue weighted by atomic mass is 35.5. The Bertz CT molecular complexity index is 1420. The van der Waals surface area contributed by atoms with E-state index in [1.165, 1.54) is 17.3 Å². The van der Waals surface area contributed by atoms with Gasteiger partial charge < -0.3 is 10.2 Å². The summed E-state index contributed by atoms with van der Waals surface area (Å²) in [4.78, 5) is 30.3. The van der Waals surface area contributed by atoms with Gasteiger partial charge >= 0.3 is 0 Å². The van der Waals surface area contributed by atoms with Gasteiger partial charge in [0.1, 0.15) is 0 Å². The number of aryl methyl sites for hydroxylation is 1. The van der Waals surface area contributed by atoms with Gasteiger partial charge in [-0.25, -0.2) is 0 Å². The second-order valence-electron chi connectivity index (χ2n) is 8.47. The van der Waals surface area contributed by atoms with Crippen LogP contribution in [0.3, 0.4) is 0 Å². The van der Waals surface area contributed by atoms with Gasteiger partial charge in [0.05, 0.1) is 17.8 Å². The van der Waals surface area contributed by atoms with Crippen molar-refractivity contribution >= 4 is 40.9 Å². The Morgan fingerprint density at radius 3 is 2.49 bits per heavy atom. The molecule has 6 heteroatoms. The third kappa shape index (κ3) is 5.11. The lowest BCUT2D eigenvalue weighted by atomic mass is 10.1. The summed E-state index contributed by atoms with van der Waals surface area (Å²) in [6.45, 7) is 2.81. The number of nitrogens with zero attached hydrogens (tertiary/aromatic N) is 1. The van der Waals surface area contributed by atoms with Gasteiger partial charge in [-0.05, 0) is 60.5 Å². The molecule has 1 heterocycles. The van der Waals surface area contributed by atoms with Gasteiger partial charge in [-0.2, -0.15) is 0 Å². The van der Waals surface area contributed by atoms with E-state index in [-0.39, 0.29) is 11.8 Å². The first-order valence-electron chi connectivity index (χ1n) is 11.3. The average molecular weight is 499 g/mol. The van der Waals surface area contributed by atoms with E-state index in [9.17, 15) is 9.59 Å². The van der Waals surface area contributed by atoms with E-state index >= 15 is 0 Å². The molecule has 0 radical (unpaired) electrons. The van der Waals surface area contributed by atoms with Gasteiger partial charge in [-0.1, -0.05) is 77.5 Å². The fourth-order valence-corrected chi connectivity index (χ4v) is 5.30. The molecule has 35 heavy (non-hydrogen) atoms. The minimum absolute atomic E-state index is 0.107. The van der Waals surface area contributed by atoms with Crippen molar-refractivity contribution in [1.29, 1.82) is 0 Å². The van der Waals surface area contributed by atoms with Gasteiger partial charge in [0.15, 0.2) is 0 Å². The van der Waals surface area contributed by atoms with E-state index in [1.54, 1.807) is 11.0 Å². The molecule has 1 N–H and O–H groups in total. The molecule has 1 aliphatic heterocycles. The Morgan fingerprint density at radius 2 is 1.69 bits per heavy atom. The molecule has 0 bridgehead atoms. The first-order valence-corrected chi connectivity index (χ1v) is 12.5. The third-order valence-electron chi connectivity index (χ3n) is 5.90. The second kappa shape index (κ2) is 9.98. The zero-order valence-electron chi connectivity index (χ0n) is 19.1. The van der Waals surface area contributed by atoms with Crippen LogP contribution in [-0.2, 0) is 13.1 Å². The van der Waals surface area contributed by atoms with Crippen molar-refractivity contribution in [3.05, 3.63) is 124 Å². The average Bonchev–Trinajstić information content (AvgIpc) is 2.98. The molecule has 0 aromatic heterocycles. The maximum Gasteiger partial charge on any atom is 0.259 e. The highest BCUT2D eigenvalue weighted by molar-refractivity contribution is 7.99. The Morgan fingerprint density at radius 1 is 0.886 bits per heavy atom. The topological polar surface area (TPSA) is 49.4 Å². The number of amides is 2. The van der Waals surface area contributed by atoms with Crippen molar-refractivity contribution < 1.29 is 9.59 Å². The van der Waals surface area contributed by atoms with Crippen molar-refractivity contribution in [3.8, 4) is 0 Å². The highest BCUT2D eigenvalue weighted by Gasteiger charge is 2.28. The normalized spacial score (nSPS) is 12.5. The summed E-state index contributed by atoms with van der Waals surface area (Å²) in [7, 11) is 0. The lowest BCUT2D eigenvalue weighted by Gasteiger charge is -2.24. The number of halogens is 1. The molecule has 5 rings (SSSR count). The van der Waals surface area contributed by atoms with E-state index in [2.05, 4.69) is 5.32 Å². The summed E-state index contributed by atoms with van der Waals surface area (Å²) in [5.41, 5.74) is 4.97. The summed E-state index contributed by atoms with van der Waals surface area (Å²) in [5, 5.41) is 3.61. The van der Waals surface area contributed by atoms with Crippen LogP contribution in [0.15, 0.2) is 101 Å². The molecule has 4 aromatic rings. The monoisotopic (exact) mass is 498 g/mol. The summed E-state index contributed by atoms with van der Waals surface area (Å²) >= 11 is 7.75. The van der Waals surface area contributed by atoms with E-state index in [0.29, 0.717) is 34.9 Å². The molecule has 0 atom stereocenters. The van der Waals surface area contributed by atoms with Crippen LogP contribution in [-0.4, -0.2) is 11.8 Å². The minimum Gasteiger partial charge on any atom is -0.348 e. The summed E-state index contributed by atoms with van der Waals surface area (Å²) in [5.74, 6) is -0.292. The number of anilines is 1. The molecular formula is C29H23ClN2O2S. The van der Waals surface area contributed by atoms with E-state index in [4.69, 9.17) is 11.6 Å². The molecular weight excluding hydrogens is 476 g/mol. The SMILES string of the molecule is Cc1ccc(CNC(=O)c2ccc3c(c2)N(Cc2cccc(Cl)c2)C(=O)c2ccccc2S3)cc1. The fourth-order valence-electron chi connectivity index (χ4n) is 4.03. The van der Waals surface area contributed by atoms with E-state index < -0.39 is 0 Å². The van der Waals surface area contributed by atoms with Crippen molar-refractivity contribution in [2.75, 3.05) is 4.90 Å². The van der Waals surface area contributed by atoms with Crippen molar-refractivity contribution in [1.82, 2.24) is 5.32 Å². The number of carbonyl (C=O) groups is 2. The van der Waals surface area contributed by atoms with Crippen molar-refractivity contribution in [3.63, 3.8) is 0 Å². The van der Waals surface area contributed by atoms with Crippen LogP contribution in [0.2, 0.25) is 5.02 Å². The minimum atomic E-state index is -0.185. The van der Waals surface area contributed by atoms with Crippen LogP contribution in [0.4, 0.5) is 5.69 Å². The molecule has 1 aliphatic rings.